The lowest BCUT2D eigenvalue weighted by molar-refractivity contribution is 0.0358. The van der Waals surface area contributed by atoms with Gasteiger partial charge >= 0.3 is 5.97 Å². The van der Waals surface area contributed by atoms with Crippen LogP contribution in [0.5, 0.6) is 0 Å². The molecule has 0 radical (unpaired) electrons. The second-order valence-corrected chi connectivity index (χ2v) is 10.5. The van der Waals surface area contributed by atoms with Crippen LogP contribution < -0.4 is 0 Å². The first kappa shape index (κ1) is 27.8. The SMILES string of the molecule is CCOC(=O)c1c(CCCO)c2ccc(C)c3c2n1CCCCOCc1nn(CCN2CCOCC2)c(C)c1-3. The van der Waals surface area contributed by atoms with E-state index in [1.165, 1.54) is 0 Å². The minimum atomic E-state index is -0.297. The highest BCUT2D eigenvalue weighted by atomic mass is 16.5. The van der Waals surface area contributed by atoms with E-state index in [0.717, 1.165) is 96.8 Å². The number of aromatic nitrogens is 3. The largest absolute Gasteiger partial charge is 0.461 e. The zero-order valence-corrected chi connectivity index (χ0v) is 23.6. The maximum atomic E-state index is 13.4. The molecule has 1 saturated heterocycles. The van der Waals surface area contributed by atoms with E-state index in [-0.39, 0.29) is 12.6 Å². The maximum absolute atomic E-state index is 13.4. The minimum Gasteiger partial charge on any atom is -0.461 e. The zero-order valence-electron chi connectivity index (χ0n) is 23.6. The highest BCUT2D eigenvalue weighted by Gasteiger charge is 2.29. The van der Waals surface area contributed by atoms with Gasteiger partial charge in [0.2, 0.25) is 0 Å². The molecule has 1 fully saturated rings. The monoisotopic (exact) mass is 538 g/mol. The normalized spacial score (nSPS) is 16.7. The molecular weight excluding hydrogens is 496 g/mol. The van der Waals surface area contributed by atoms with Gasteiger partial charge in [-0.25, -0.2) is 4.79 Å². The molecule has 0 unspecified atom stereocenters. The number of ether oxygens (including phenoxy) is 3. The number of hydrogen-bond acceptors (Lipinski definition) is 7. The molecule has 9 heteroatoms. The molecule has 1 N–H and O–H groups in total. The van der Waals surface area contributed by atoms with Crippen molar-refractivity contribution in [1.82, 2.24) is 19.2 Å². The molecule has 0 bridgehead atoms. The van der Waals surface area contributed by atoms with Gasteiger partial charge < -0.3 is 23.9 Å². The Hall–Kier alpha value is -2.72. The molecule has 0 aliphatic carbocycles. The van der Waals surface area contributed by atoms with Crippen molar-refractivity contribution in [2.45, 2.75) is 66.2 Å². The van der Waals surface area contributed by atoms with E-state index in [9.17, 15) is 9.90 Å². The predicted octanol–water partition coefficient (Wildman–Crippen LogP) is 3.87. The number of nitrogens with zero attached hydrogens (tertiary/aromatic N) is 4. The first-order valence-corrected chi connectivity index (χ1v) is 14.4. The Labute approximate surface area is 230 Å². The number of esters is 1. The van der Waals surface area contributed by atoms with Crippen LogP contribution in [0.1, 0.15) is 59.2 Å². The molecule has 39 heavy (non-hydrogen) atoms. The van der Waals surface area contributed by atoms with Crippen molar-refractivity contribution in [1.29, 1.82) is 0 Å². The van der Waals surface area contributed by atoms with Gasteiger partial charge in [0, 0.05) is 61.6 Å². The molecule has 0 amide bonds. The maximum Gasteiger partial charge on any atom is 0.355 e. The van der Waals surface area contributed by atoms with Crippen LogP contribution in [0, 0.1) is 13.8 Å². The number of morpholine rings is 1. The summed E-state index contributed by atoms with van der Waals surface area (Å²) in [5.74, 6) is -0.297. The van der Waals surface area contributed by atoms with Crippen LogP contribution in [0.2, 0.25) is 0 Å². The zero-order chi connectivity index (χ0) is 27.4. The van der Waals surface area contributed by atoms with Crippen molar-refractivity contribution >= 4 is 16.9 Å². The Kier molecular flexibility index (Phi) is 9.02. The van der Waals surface area contributed by atoms with Gasteiger partial charge in [0.15, 0.2) is 0 Å². The quantitative estimate of drug-likeness (QED) is 0.436. The summed E-state index contributed by atoms with van der Waals surface area (Å²) in [6.45, 7) is 13.5. The molecule has 4 heterocycles. The molecule has 2 aliphatic rings. The molecule has 1 aromatic carbocycles. The highest BCUT2D eigenvalue weighted by molar-refractivity contribution is 6.05. The molecular formula is C30H42N4O5. The smallest absolute Gasteiger partial charge is 0.355 e. The number of aryl methyl sites for hydroxylation is 3. The molecule has 2 aliphatic heterocycles. The van der Waals surface area contributed by atoms with Crippen LogP contribution in [0.4, 0.5) is 0 Å². The molecule has 212 valence electrons. The molecule has 5 rings (SSSR count). The van der Waals surface area contributed by atoms with E-state index in [1.807, 2.05) is 6.92 Å². The van der Waals surface area contributed by atoms with Gasteiger partial charge in [-0.2, -0.15) is 5.10 Å². The standard InChI is InChI=1S/C30H42N4O5/c1-4-39-30(36)29-23(8-7-16-35)24-10-9-21(2)26-27-22(3)34(13-12-32-14-18-37-19-15-32)31-25(27)20-38-17-6-5-11-33(29)28(24)26/h9-10,35H,4-8,11-20H2,1-3H3. The summed E-state index contributed by atoms with van der Waals surface area (Å²) in [5, 5.41) is 15.8. The fraction of sp³-hybridized carbons (Fsp3) is 0.600. The van der Waals surface area contributed by atoms with Crippen molar-refractivity contribution in [2.24, 2.45) is 0 Å². The molecule has 0 saturated carbocycles. The second-order valence-electron chi connectivity index (χ2n) is 10.5. The van der Waals surface area contributed by atoms with Gasteiger partial charge in [0.05, 0.1) is 44.2 Å². The minimum absolute atomic E-state index is 0.0736. The van der Waals surface area contributed by atoms with Crippen LogP contribution in [-0.4, -0.2) is 83.0 Å². The molecule has 2 aromatic heterocycles. The lowest BCUT2D eigenvalue weighted by Crippen LogP contribution is -2.38. The topological polar surface area (TPSA) is 91.0 Å². The van der Waals surface area contributed by atoms with Gasteiger partial charge in [-0.15, -0.1) is 0 Å². The summed E-state index contributed by atoms with van der Waals surface area (Å²) in [4.78, 5) is 15.8. The average molecular weight is 539 g/mol. The molecule has 9 nitrogen and oxygen atoms in total. The number of carbonyl (C=O) groups excluding carboxylic acids is 1. The van der Waals surface area contributed by atoms with Crippen molar-refractivity contribution in [3.8, 4) is 11.1 Å². The molecule has 0 atom stereocenters. The van der Waals surface area contributed by atoms with Gasteiger partial charge in [-0.1, -0.05) is 12.1 Å². The Morgan fingerprint density at radius 2 is 1.87 bits per heavy atom. The summed E-state index contributed by atoms with van der Waals surface area (Å²) in [6, 6.07) is 4.28. The predicted molar refractivity (Wildman–Crippen MR) is 150 cm³/mol. The fourth-order valence-electron chi connectivity index (χ4n) is 6.06. The number of benzene rings is 1. The first-order chi connectivity index (χ1) is 19.0. The van der Waals surface area contributed by atoms with E-state index in [4.69, 9.17) is 19.3 Å². The van der Waals surface area contributed by atoms with Gasteiger partial charge in [0.1, 0.15) is 5.69 Å². The number of rotatable bonds is 8. The van der Waals surface area contributed by atoms with E-state index in [1.54, 1.807) is 0 Å². The summed E-state index contributed by atoms with van der Waals surface area (Å²) in [7, 11) is 0. The third kappa shape index (κ3) is 5.63. The second kappa shape index (κ2) is 12.6. The van der Waals surface area contributed by atoms with Crippen molar-refractivity contribution in [2.75, 3.05) is 52.7 Å². The molecule has 3 aromatic rings. The fourth-order valence-corrected chi connectivity index (χ4v) is 6.06. The lowest BCUT2D eigenvalue weighted by Gasteiger charge is -2.26. The van der Waals surface area contributed by atoms with Crippen molar-refractivity contribution in [3.63, 3.8) is 0 Å². The van der Waals surface area contributed by atoms with Crippen LogP contribution in [-0.2, 0) is 40.3 Å². The van der Waals surface area contributed by atoms with E-state index < -0.39 is 0 Å². The highest BCUT2D eigenvalue weighted by Crippen LogP contribution is 2.41. The van der Waals surface area contributed by atoms with Crippen molar-refractivity contribution in [3.05, 3.63) is 40.3 Å². The third-order valence-electron chi connectivity index (χ3n) is 8.01. The summed E-state index contributed by atoms with van der Waals surface area (Å²) >= 11 is 0. The van der Waals surface area contributed by atoms with Crippen LogP contribution >= 0.6 is 0 Å². The summed E-state index contributed by atoms with van der Waals surface area (Å²) in [6.07, 6.45) is 2.98. The van der Waals surface area contributed by atoms with Crippen LogP contribution in [0.15, 0.2) is 12.1 Å². The average Bonchev–Trinajstić information content (AvgIpc) is 3.41. The Bertz CT molecular complexity index is 1300. The van der Waals surface area contributed by atoms with Crippen LogP contribution in [0.25, 0.3) is 22.0 Å². The van der Waals surface area contributed by atoms with Gasteiger partial charge in [0.25, 0.3) is 0 Å². The summed E-state index contributed by atoms with van der Waals surface area (Å²) < 4.78 is 21.5. The van der Waals surface area contributed by atoms with Crippen LogP contribution in [0.3, 0.4) is 0 Å². The Balaban J connectivity index is 1.70. The lowest BCUT2D eigenvalue weighted by atomic mass is 9.94. The van der Waals surface area contributed by atoms with E-state index >= 15 is 0 Å². The van der Waals surface area contributed by atoms with Crippen molar-refractivity contribution < 1.29 is 24.1 Å². The Morgan fingerprint density at radius 1 is 1.05 bits per heavy atom. The Morgan fingerprint density at radius 3 is 2.64 bits per heavy atom. The number of fused-ring (bicyclic) bond motifs is 2. The van der Waals surface area contributed by atoms with Gasteiger partial charge in [-0.05, 0) is 57.6 Å². The summed E-state index contributed by atoms with van der Waals surface area (Å²) in [5.41, 5.74) is 8.05. The number of carbonyl (C=O) groups is 1. The number of aliphatic hydroxyl groups is 1. The van der Waals surface area contributed by atoms with E-state index in [2.05, 4.69) is 40.1 Å². The molecule has 0 spiro atoms. The number of hydrogen-bond donors (Lipinski definition) is 1. The first-order valence-electron chi connectivity index (χ1n) is 14.4. The number of aliphatic hydroxyl groups excluding tert-OH is 1. The third-order valence-corrected chi connectivity index (χ3v) is 8.01. The van der Waals surface area contributed by atoms with E-state index in [0.29, 0.717) is 44.9 Å². The van der Waals surface area contributed by atoms with Gasteiger partial charge in [-0.3, -0.25) is 9.58 Å².